The van der Waals surface area contributed by atoms with Crippen LogP contribution >= 0.6 is 34.5 Å². The molecule has 0 saturated heterocycles. The van der Waals surface area contributed by atoms with Crippen LogP contribution < -0.4 is 14.4 Å². The summed E-state index contributed by atoms with van der Waals surface area (Å²) in [5, 5.41) is 12.5. The lowest BCUT2D eigenvalue weighted by Gasteiger charge is -2.33. The molecule has 0 fully saturated rings. The number of ether oxygens (including phenoxy) is 1. The fourth-order valence-electron chi connectivity index (χ4n) is 2.84. The first-order valence-corrected chi connectivity index (χ1v) is 12.0. The van der Waals surface area contributed by atoms with Crippen LogP contribution in [-0.2, 0) is 14.8 Å². The molecule has 0 spiro atoms. The van der Waals surface area contributed by atoms with E-state index in [0.717, 1.165) is 16.1 Å². The van der Waals surface area contributed by atoms with Crippen molar-refractivity contribution >= 4 is 61.3 Å². The highest BCUT2D eigenvalue weighted by atomic mass is 35.5. The van der Waals surface area contributed by atoms with E-state index in [2.05, 4.69) is 15.5 Å². The van der Waals surface area contributed by atoms with Crippen molar-refractivity contribution in [3.63, 3.8) is 0 Å². The maximum atomic E-state index is 12.7. The Morgan fingerprint density at radius 3 is 2.57 bits per heavy atom. The Balaban J connectivity index is 1.54. The number of rotatable bonds is 4. The summed E-state index contributed by atoms with van der Waals surface area (Å²) in [7, 11) is -3.65. The van der Waals surface area contributed by atoms with Gasteiger partial charge in [-0.2, -0.15) is 0 Å². The number of hydrogen-bond acceptors (Lipinski definition) is 7. The number of carbonyl (C=O) groups excluding carboxylic acids is 1. The monoisotopic (exact) mass is 484 g/mol. The van der Waals surface area contributed by atoms with Crippen LogP contribution in [0.4, 0.5) is 10.8 Å². The average molecular weight is 485 g/mol. The van der Waals surface area contributed by atoms with E-state index in [1.807, 2.05) is 0 Å². The zero-order chi connectivity index (χ0) is 21.5. The van der Waals surface area contributed by atoms with E-state index in [0.29, 0.717) is 15.1 Å². The van der Waals surface area contributed by atoms with Crippen LogP contribution in [-0.4, -0.2) is 43.4 Å². The molecule has 8 nitrogen and oxygen atoms in total. The number of anilines is 2. The number of halogens is 2. The van der Waals surface area contributed by atoms with E-state index in [4.69, 9.17) is 27.9 Å². The molecule has 156 valence electrons. The molecule has 3 aromatic rings. The lowest BCUT2D eigenvalue weighted by molar-refractivity contribution is -0.122. The lowest BCUT2D eigenvalue weighted by atomic mass is 10.2. The smallest absolute Gasteiger partial charge is 0.269 e. The number of amides is 1. The third-order valence-corrected chi connectivity index (χ3v) is 6.75. The van der Waals surface area contributed by atoms with Crippen LogP contribution in [0.3, 0.4) is 0 Å². The zero-order valence-electron chi connectivity index (χ0n) is 15.4. The summed E-state index contributed by atoms with van der Waals surface area (Å²) in [5.41, 5.74) is 1.09. The molecule has 30 heavy (non-hydrogen) atoms. The largest absolute Gasteiger partial charge is 0.476 e. The molecule has 1 N–H and O–H groups in total. The van der Waals surface area contributed by atoms with Crippen LogP contribution in [0.1, 0.15) is 0 Å². The molecule has 1 amide bonds. The number of nitrogens with zero attached hydrogens (tertiary/aromatic N) is 3. The summed E-state index contributed by atoms with van der Waals surface area (Å²) in [6.07, 6.45) is -0.0162. The van der Waals surface area contributed by atoms with E-state index >= 15 is 0 Å². The molecule has 0 radical (unpaired) electrons. The van der Waals surface area contributed by atoms with Crippen LogP contribution in [0.25, 0.3) is 10.6 Å². The van der Waals surface area contributed by atoms with Crippen molar-refractivity contribution in [3.8, 4) is 16.3 Å². The molecule has 1 aliphatic heterocycles. The van der Waals surface area contributed by atoms with Crippen molar-refractivity contribution in [2.45, 2.75) is 6.10 Å². The molecule has 4 rings (SSSR count). The first-order valence-electron chi connectivity index (χ1n) is 8.55. The maximum Gasteiger partial charge on any atom is 0.269 e. The predicted molar refractivity (Wildman–Crippen MR) is 117 cm³/mol. The quantitative estimate of drug-likeness (QED) is 0.605. The molecule has 0 unspecified atom stereocenters. The van der Waals surface area contributed by atoms with Gasteiger partial charge in [0.15, 0.2) is 6.10 Å². The summed E-state index contributed by atoms with van der Waals surface area (Å²) in [6, 6.07) is 11.6. The third-order valence-electron chi connectivity index (χ3n) is 4.23. The molecule has 2 aromatic carbocycles. The fourth-order valence-corrected chi connectivity index (χ4v) is 4.79. The Hall–Kier alpha value is -2.40. The average Bonchev–Trinajstić information content (AvgIpc) is 3.15. The molecule has 2 heterocycles. The molecule has 1 aliphatic rings. The number of sulfonamides is 1. The highest BCUT2D eigenvalue weighted by Crippen LogP contribution is 2.37. The highest BCUT2D eigenvalue weighted by molar-refractivity contribution is 7.92. The van der Waals surface area contributed by atoms with Gasteiger partial charge < -0.3 is 4.74 Å². The molecule has 0 bridgehead atoms. The summed E-state index contributed by atoms with van der Waals surface area (Å²) in [6.45, 7) is -0.194. The fraction of sp³-hybridized carbons (Fsp3) is 0.167. The van der Waals surface area contributed by atoms with Gasteiger partial charge in [0, 0.05) is 15.6 Å². The van der Waals surface area contributed by atoms with Gasteiger partial charge in [-0.15, -0.1) is 10.2 Å². The number of benzene rings is 2. The van der Waals surface area contributed by atoms with Gasteiger partial charge in [-0.1, -0.05) is 46.7 Å². The number of aromatic nitrogens is 2. The van der Waals surface area contributed by atoms with Crippen molar-refractivity contribution < 1.29 is 17.9 Å². The summed E-state index contributed by atoms with van der Waals surface area (Å²) in [4.78, 5) is 12.7. The maximum absolute atomic E-state index is 12.7. The Kier molecular flexibility index (Phi) is 5.58. The van der Waals surface area contributed by atoms with Crippen LogP contribution in [0, 0.1) is 0 Å². The van der Waals surface area contributed by atoms with Gasteiger partial charge in [0.25, 0.3) is 5.91 Å². The van der Waals surface area contributed by atoms with Gasteiger partial charge in [-0.05, 0) is 30.3 Å². The van der Waals surface area contributed by atoms with Crippen molar-refractivity contribution in [2.24, 2.45) is 0 Å². The van der Waals surface area contributed by atoms with Crippen molar-refractivity contribution in [3.05, 3.63) is 52.5 Å². The van der Waals surface area contributed by atoms with Crippen LogP contribution in [0.2, 0.25) is 10.0 Å². The van der Waals surface area contributed by atoms with E-state index in [1.54, 1.807) is 30.3 Å². The first-order chi connectivity index (χ1) is 14.2. The van der Waals surface area contributed by atoms with Crippen molar-refractivity contribution in [2.75, 3.05) is 22.4 Å². The second-order valence-corrected chi connectivity index (χ2v) is 10.2. The standard InChI is InChI=1S/C18H14Cl2N4O4S2/c1-30(26,27)24-9-15(28-14-7-6-12(20)8-13(14)24)16(25)21-18-23-22-17(29-18)10-2-4-11(19)5-3-10/h2-8,15H,9H2,1H3,(H,21,23,25)/t15-/m0/s1. The van der Waals surface area contributed by atoms with Crippen molar-refractivity contribution in [1.29, 1.82) is 0 Å². The second kappa shape index (κ2) is 8.03. The molecule has 1 aromatic heterocycles. The van der Waals surface area contributed by atoms with Gasteiger partial charge in [0.05, 0.1) is 18.5 Å². The summed E-state index contributed by atoms with van der Waals surface area (Å²) in [5.74, 6) is -0.293. The minimum absolute atomic E-state index is 0.194. The van der Waals surface area contributed by atoms with E-state index < -0.39 is 22.0 Å². The van der Waals surface area contributed by atoms with Crippen LogP contribution in [0.5, 0.6) is 5.75 Å². The van der Waals surface area contributed by atoms with Gasteiger partial charge in [-0.25, -0.2) is 8.42 Å². The van der Waals surface area contributed by atoms with E-state index in [1.165, 1.54) is 23.5 Å². The molecule has 0 aliphatic carbocycles. The van der Waals surface area contributed by atoms with Gasteiger partial charge in [-0.3, -0.25) is 14.4 Å². The van der Waals surface area contributed by atoms with E-state index in [-0.39, 0.29) is 23.1 Å². The summed E-state index contributed by atoms with van der Waals surface area (Å²) >= 11 is 13.0. The van der Waals surface area contributed by atoms with Gasteiger partial charge in [0.2, 0.25) is 15.2 Å². The molecular formula is C18H14Cl2N4O4S2. The number of hydrogen-bond donors (Lipinski definition) is 1. The molecule has 1 atom stereocenters. The topological polar surface area (TPSA) is 101 Å². The Morgan fingerprint density at radius 2 is 1.87 bits per heavy atom. The Morgan fingerprint density at radius 1 is 1.17 bits per heavy atom. The number of nitrogens with one attached hydrogen (secondary N) is 1. The molecule has 0 saturated carbocycles. The predicted octanol–water partition coefficient (Wildman–Crippen LogP) is 3.68. The van der Waals surface area contributed by atoms with Crippen molar-refractivity contribution in [1.82, 2.24) is 10.2 Å². The minimum atomic E-state index is -3.65. The minimum Gasteiger partial charge on any atom is -0.476 e. The Labute approximate surface area is 186 Å². The SMILES string of the molecule is CS(=O)(=O)N1C[C@@H](C(=O)Nc2nnc(-c3ccc(Cl)cc3)s2)Oc2ccc(Cl)cc21. The first kappa shape index (κ1) is 20.9. The molecular weight excluding hydrogens is 471 g/mol. The number of fused-ring (bicyclic) bond motifs is 1. The van der Waals surface area contributed by atoms with Gasteiger partial charge >= 0.3 is 0 Å². The normalized spacial score (nSPS) is 16.0. The zero-order valence-corrected chi connectivity index (χ0v) is 18.5. The second-order valence-electron chi connectivity index (χ2n) is 6.42. The molecule has 12 heteroatoms. The lowest BCUT2D eigenvalue weighted by Crippen LogP contribution is -2.48. The highest BCUT2D eigenvalue weighted by Gasteiger charge is 2.35. The van der Waals surface area contributed by atoms with E-state index in [9.17, 15) is 13.2 Å². The third kappa shape index (κ3) is 4.36. The summed E-state index contributed by atoms with van der Waals surface area (Å²) < 4.78 is 31.3. The van der Waals surface area contributed by atoms with Crippen LogP contribution in [0.15, 0.2) is 42.5 Å². The number of carbonyl (C=O) groups is 1. The van der Waals surface area contributed by atoms with Gasteiger partial charge in [0.1, 0.15) is 10.8 Å². The Bertz CT molecular complexity index is 1220.